The molecule has 13 heteroatoms. The number of thiazole rings is 1. The number of aliphatic hydroxyl groups excluding tert-OH is 1. The maximum absolute atomic E-state index is 13.4. The molecule has 194 valence electrons. The normalized spacial score (nSPS) is 15.6. The van der Waals surface area contributed by atoms with Crippen molar-refractivity contribution >= 4 is 42.6 Å². The molecule has 1 saturated heterocycles. The highest BCUT2D eigenvalue weighted by Crippen LogP contribution is 2.29. The first kappa shape index (κ1) is 26.2. The zero-order valence-corrected chi connectivity index (χ0v) is 21.4. The van der Waals surface area contributed by atoms with Gasteiger partial charge in [-0.3, -0.25) is 9.59 Å². The molecule has 0 aliphatic carbocycles. The summed E-state index contributed by atoms with van der Waals surface area (Å²) < 4.78 is 36.8. The minimum absolute atomic E-state index is 0.0725. The number of anilines is 1. The molecule has 36 heavy (non-hydrogen) atoms. The van der Waals surface area contributed by atoms with Crippen LogP contribution >= 0.6 is 11.3 Å². The van der Waals surface area contributed by atoms with Crippen molar-refractivity contribution in [2.24, 2.45) is 5.92 Å². The minimum Gasteiger partial charge on any atom is -0.481 e. The van der Waals surface area contributed by atoms with Crippen LogP contribution in [0.25, 0.3) is 10.3 Å². The highest BCUT2D eigenvalue weighted by atomic mass is 32.2. The van der Waals surface area contributed by atoms with Gasteiger partial charge >= 0.3 is 0 Å². The SMILES string of the molecule is COc1ccc2nc(NC(=O)[C@@H](CC3CCOCC3)n3ccc(S(=O)(=O)CCCO)cc3=O)sc2n1. The van der Waals surface area contributed by atoms with Crippen LogP contribution < -0.4 is 15.6 Å². The van der Waals surface area contributed by atoms with E-state index in [2.05, 4.69) is 15.3 Å². The third-order valence-corrected chi connectivity index (χ3v) is 8.73. The van der Waals surface area contributed by atoms with E-state index in [1.807, 2.05) is 0 Å². The van der Waals surface area contributed by atoms with Gasteiger partial charge in [0, 0.05) is 38.2 Å². The molecular formula is C23H28N4O7S2. The maximum atomic E-state index is 13.4. The topological polar surface area (TPSA) is 150 Å². The monoisotopic (exact) mass is 536 g/mol. The van der Waals surface area contributed by atoms with Crippen LogP contribution in [0, 0.1) is 5.92 Å². The van der Waals surface area contributed by atoms with Crippen LogP contribution in [0.1, 0.15) is 31.7 Å². The quantitative estimate of drug-likeness (QED) is 0.397. The van der Waals surface area contributed by atoms with Crippen LogP contribution in [-0.4, -0.2) is 66.6 Å². The molecule has 0 saturated carbocycles. The van der Waals surface area contributed by atoms with E-state index in [-0.39, 0.29) is 29.6 Å². The molecule has 0 radical (unpaired) electrons. The Morgan fingerprint density at radius 1 is 1.31 bits per heavy atom. The van der Waals surface area contributed by atoms with Gasteiger partial charge in [-0.25, -0.2) is 18.4 Å². The molecule has 2 N–H and O–H groups in total. The molecule has 1 amide bonds. The van der Waals surface area contributed by atoms with Gasteiger partial charge in [0.05, 0.1) is 17.8 Å². The number of methoxy groups -OCH3 is 1. The van der Waals surface area contributed by atoms with Gasteiger partial charge in [0.25, 0.3) is 5.56 Å². The standard InChI is InChI=1S/C23H28N4O7S2/c1-33-19-4-3-17-22(25-19)35-23(24-17)26-21(30)18(13-15-6-10-34-11-7-15)27-8-5-16(14-20(27)29)36(31,32)12-2-9-28/h3-5,8,14-15,18,28H,2,6-7,9-13H2,1H3,(H,24,26,30)/t18-/m1/s1. The van der Waals surface area contributed by atoms with Crippen molar-refractivity contribution in [1.29, 1.82) is 0 Å². The fourth-order valence-electron chi connectivity index (χ4n) is 4.10. The Morgan fingerprint density at radius 2 is 2.08 bits per heavy atom. The number of nitrogens with zero attached hydrogens (tertiary/aromatic N) is 3. The minimum atomic E-state index is -3.72. The number of aromatic nitrogens is 3. The van der Waals surface area contributed by atoms with Crippen LogP contribution in [-0.2, 0) is 19.4 Å². The summed E-state index contributed by atoms with van der Waals surface area (Å²) in [6.45, 7) is 0.903. The van der Waals surface area contributed by atoms with E-state index < -0.39 is 27.3 Å². The Bertz CT molecular complexity index is 1380. The molecule has 4 rings (SSSR count). The summed E-state index contributed by atoms with van der Waals surface area (Å²) in [5.41, 5.74) is 0.00895. The van der Waals surface area contributed by atoms with Crippen LogP contribution in [0.15, 0.2) is 40.2 Å². The number of nitrogens with one attached hydrogen (secondary N) is 1. The number of aliphatic hydroxyl groups is 1. The van der Waals surface area contributed by atoms with Gasteiger partial charge in [-0.1, -0.05) is 11.3 Å². The highest BCUT2D eigenvalue weighted by Gasteiger charge is 2.28. The van der Waals surface area contributed by atoms with E-state index in [1.165, 1.54) is 35.3 Å². The number of fused-ring (bicyclic) bond motifs is 1. The van der Waals surface area contributed by atoms with Gasteiger partial charge in [0.2, 0.25) is 11.8 Å². The Hall–Kier alpha value is -2.87. The van der Waals surface area contributed by atoms with E-state index in [0.29, 0.717) is 41.0 Å². The van der Waals surface area contributed by atoms with Crippen molar-refractivity contribution in [3.05, 3.63) is 40.8 Å². The lowest BCUT2D eigenvalue weighted by Crippen LogP contribution is -2.35. The predicted molar refractivity (Wildman–Crippen MR) is 134 cm³/mol. The molecular weight excluding hydrogens is 508 g/mol. The fraction of sp³-hybridized carbons (Fsp3) is 0.478. The first-order valence-electron chi connectivity index (χ1n) is 11.6. The number of pyridine rings is 2. The predicted octanol–water partition coefficient (Wildman–Crippen LogP) is 2.01. The van der Waals surface area contributed by atoms with Gasteiger partial charge in [-0.2, -0.15) is 0 Å². The zero-order chi connectivity index (χ0) is 25.7. The molecule has 3 aromatic heterocycles. The molecule has 1 fully saturated rings. The second kappa shape index (κ2) is 11.5. The second-order valence-electron chi connectivity index (χ2n) is 8.50. The molecule has 0 unspecified atom stereocenters. The average molecular weight is 537 g/mol. The first-order valence-corrected chi connectivity index (χ1v) is 14.0. The lowest BCUT2D eigenvalue weighted by Gasteiger charge is -2.27. The van der Waals surface area contributed by atoms with Crippen LogP contribution in [0.5, 0.6) is 5.88 Å². The van der Waals surface area contributed by atoms with E-state index in [4.69, 9.17) is 14.6 Å². The Kier molecular flexibility index (Phi) is 8.34. The van der Waals surface area contributed by atoms with E-state index in [0.717, 1.165) is 18.9 Å². The summed E-state index contributed by atoms with van der Waals surface area (Å²) >= 11 is 1.19. The van der Waals surface area contributed by atoms with Crippen molar-refractivity contribution in [3.8, 4) is 5.88 Å². The molecule has 3 aromatic rings. The number of sulfone groups is 1. The van der Waals surface area contributed by atoms with Crippen LogP contribution in [0.4, 0.5) is 5.13 Å². The Morgan fingerprint density at radius 3 is 2.78 bits per heavy atom. The molecule has 1 aliphatic rings. The first-order chi connectivity index (χ1) is 17.3. The number of carbonyl (C=O) groups is 1. The van der Waals surface area contributed by atoms with Crippen molar-refractivity contribution in [1.82, 2.24) is 14.5 Å². The third-order valence-electron chi connectivity index (χ3n) is 6.06. The smallest absolute Gasteiger partial charge is 0.252 e. The number of rotatable bonds is 10. The van der Waals surface area contributed by atoms with Gasteiger partial charge in [-0.05, 0) is 43.7 Å². The lowest BCUT2D eigenvalue weighted by molar-refractivity contribution is -0.120. The van der Waals surface area contributed by atoms with Crippen molar-refractivity contribution in [2.45, 2.75) is 36.6 Å². The molecule has 1 aliphatic heterocycles. The summed E-state index contributed by atoms with van der Waals surface area (Å²) in [4.78, 5) is 35.7. The van der Waals surface area contributed by atoms with E-state index >= 15 is 0 Å². The van der Waals surface area contributed by atoms with Crippen molar-refractivity contribution in [2.75, 3.05) is 38.0 Å². The summed E-state index contributed by atoms with van der Waals surface area (Å²) in [5.74, 6) is -0.0989. The number of hydrogen-bond donors (Lipinski definition) is 2. The molecule has 0 bridgehead atoms. The van der Waals surface area contributed by atoms with Gasteiger partial charge < -0.3 is 24.5 Å². The zero-order valence-electron chi connectivity index (χ0n) is 19.8. The molecule has 0 aromatic carbocycles. The summed E-state index contributed by atoms with van der Waals surface area (Å²) in [7, 11) is -2.21. The second-order valence-corrected chi connectivity index (χ2v) is 11.6. The Labute approximate surface area is 212 Å². The number of carbonyl (C=O) groups excluding carboxylic acids is 1. The summed E-state index contributed by atoms with van der Waals surface area (Å²) in [6, 6.07) is 4.91. The van der Waals surface area contributed by atoms with Crippen molar-refractivity contribution in [3.63, 3.8) is 0 Å². The summed E-state index contributed by atoms with van der Waals surface area (Å²) in [6.07, 6.45) is 3.34. The summed E-state index contributed by atoms with van der Waals surface area (Å²) in [5, 5.41) is 12.1. The largest absolute Gasteiger partial charge is 0.481 e. The van der Waals surface area contributed by atoms with Gasteiger partial charge in [-0.15, -0.1) is 0 Å². The van der Waals surface area contributed by atoms with E-state index in [1.54, 1.807) is 12.1 Å². The van der Waals surface area contributed by atoms with Crippen LogP contribution in [0.3, 0.4) is 0 Å². The maximum Gasteiger partial charge on any atom is 0.252 e. The molecule has 4 heterocycles. The third kappa shape index (κ3) is 6.09. The van der Waals surface area contributed by atoms with Crippen LogP contribution in [0.2, 0.25) is 0 Å². The average Bonchev–Trinajstić information content (AvgIpc) is 3.28. The fourth-order valence-corrected chi connectivity index (χ4v) is 6.22. The Balaban J connectivity index is 1.62. The van der Waals surface area contributed by atoms with Gasteiger partial charge in [0.15, 0.2) is 15.0 Å². The lowest BCUT2D eigenvalue weighted by atomic mass is 9.92. The van der Waals surface area contributed by atoms with E-state index in [9.17, 15) is 18.0 Å². The number of ether oxygens (including phenoxy) is 2. The molecule has 1 atom stereocenters. The highest BCUT2D eigenvalue weighted by molar-refractivity contribution is 7.91. The number of amides is 1. The van der Waals surface area contributed by atoms with Gasteiger partial charge in [0.1, 0.15) is 16.4 Å². The molecule has 0 spiro atoms. The molecule has 11 nitrogen and oxygen atoms in total. The van der Waals surface area contributed by atoms with Crippen molar-refractivity contribution < 1.29 is 27.8 Å². The number of hydrogen-bond acceptors (Lipinski definition) is 10.